The van der Waals surface area contributed by atoms with Gasteiger partial charge in [0.2, 0.25) is 0 Å². The molecule has 1 aliphatic rings. The van der Waals surface area contributed by atoms with Gasteiger partial charge in [-0.1, -0.05) is 42.5 Å². The van der Waals surface area contributed by atoms with Crippen LogP contribution in [0, 0.1) is 0 Å². The highest BCUT2D eigenvalue weighted by Crippen LogP contribution is 2.24. The van der Waals surface area contributed by atoms with Gasteiger partial charge in [-0.25, -0.2) is 0 Å². The van der Waals surface area contributed by atoms with Crippen molar-refractivity contribution in [2.45, 2.75) is 38.8 Å². The van der Waals surface area contributed by atoms with E-state index >= 15 is 0 Å². The third-order valence-electron chi connectivity index (χ3n) is 5.50. The lowest BCUT2D eigenvalue weighted by Gasteiger charge is -2.32. The van der Waals surface area contributed by atoms with E-state index in [2.05, 4.69) is 46.0 Å². The van der Waals surface area contributed by atoms with Crippen molar-refractivity contribution in [2.75, 3.05) is 13.1 Å². The summed E-state index contributed by atoms with van der Waals surface area (Å²) in [4.78, 5) is 14.9. The minimum absolute atomic E-state index is 0.0382. The largest absolute Gasteiger partial charge is 0.330 e. The number of aromatic nitrogens is 3. The maximum absolute atomic E-state index is 13.0. The SMILES string of the molecule is C[C@H]1CN(C(=O)c2ccc(CCN)cc2)Cc2nnc(CCc3ccccc3)n21. The molecule has 1 atom stereocenters. The van der Waals surface area contributed by atoms with E-state index in [4.69, 9.17) is 5.73 Å². The van der Waals surface area contributed by atoms with E-state index in [9.17, 15) is 4.79 Å². The molecule has 0 saturated carbocycles. The Balaban J connectivity index is 1.46. The molecule has 2 aromatic carbocycles. The Morgan fingerprint density at radius 2 is 1.72 bits per heavy atom. The molecule has 150 valence electrons. The quantitative estimate of drug-likeness (QED) is 0.703. The molecule has 0 saturated heterocycles. The topological polar surface area (TPSA) is 77.0 Å². The van der Waals surface area contributed by atoms with Gasteiger partial charge in [-0.15, -0.1) is 10.2 Å². The second-order valence-corrected chi connectivity index (χ2v) is 7.66. The van der Waals surface area contributed by atoms with Crippen molar-refractivity contribution >= 4 is 5.91 Å². The molecular weight excluding hydrogens is 362 g/mol. The highest BCUT2D eigenvalue weighted by Gasteiger charge is 2.29. The van der Waals surface area contributed by atoms with Gasteiger partial charge in [0.25, 0.3) is 5.91 Å². The molecule has 2 heterocycles. The molecule has 4 rings (SSSR count). The zero-order valence-electron chi connectivity index (χ0n) is 16.8. The molecule has 1 aromatic heterocycles. The first kappa shape index (κ1) is 19.3. The number of hydrogen-bond acceptors (Lipinski definition) is 4. The van der Waals surface area contributed by atoms with E-state index in [1.807, 2.05) is 35.2 Å². The minimum atomic E-state index is 0.0382. The monoisotopic (exact) mass is 389 g/mol. The summed E-state index contributed by atoms with van der Waals surface area (Å²) in [6.07, 6.45) is 2.60. The summed E-state index contributed by atoms with van der Waals surface area (Å²) in [6.45, 7) is 3.89. The van der Waals surface area contributed by atoms with E-state index in [0.717, 1.165) is 36.5 Å². The Hall–Kier alpha value is -2.99. The van der Waals surface area contributed by atoms with Crippen molar-refractivity contribution in [2.24, 2.45) is 5.73 Å². The van der Waals surface area contributed by atoms with Crippen LogP contribution in [-0.2, 0) is 25.8 Å². The Morgan fingerprint density at radius 3 is 2.45 bits per heavy atom. The van der Waals surface area contributed by atoms with E-state index in [0.29, 0.717) is 25.2 Å². The molecule has 0 unspecified atom stereocenters. The van der Waals surface area contributed by atoms with Crippen molar-refractivity contribution in [3.8, 4) is 0 Å². The summed E-state index contributed by atoms with van der Waals surface area (Å²) < 4.78 is 2.21. The first-order valence-electron chi connectivity index (χ1n) is 10.2. The summed E-state index contributed by atoms with van der Waals surface area (Å²) in [5, 5.41) is 8.81. The van der Waals surface area contributed by atoms with Crippen LogP contribution in [0.1, 0.15) is 46.1 Å². The summed E-state index contributed by atoms with van der Waals surface area (Å²) in [7, 11) is 0. The molecule has 1 amide bonds. The van der Waals surface area contributed by atoms with E-state index < -0.39 is 0 Å². The molecule has 0 radical (unpaired) electrons. The van der Waals surface area contributed by atoms with Gasteiger partial charge in [0, 0.05) is 18.5 Å². The molecule has 0 bridgehead atoms. The van der Waals surface area contributed by atoms with Crippen LogP contribution in [0.4, 0.5) is 0 Å². The van der Waals surface area contributed by atoms with Crippen LogP contribution in [0.3, 0.4) is 0 Å². The number of rotatable bonds is 6. The lowest BCUT2D eigenvalue weighted by Crippen LogP contribution is -2.40. The molecule has 6 nitrogen and oxygen atoms in total. The summed E-state index contributed by atoms with van der Waals surface area (Å²) in [6, 6.07) is 18.3. The van der Waals surface area contributed by atoms with Crippen LogP contribution in [0.25, 0.3) is 0 Å². The van der Waals surface area contributed by atoms with Gasteiger partial charge < -0.3 is 15.2 Å². The fourth-order valence-corrected chi connectivity index (χ4v) is 4.00. The van der Waals surface area contributed by atoms with Gasteiger partial charge in [-0.2, -0.15) is 0 Å². The zero-order valence-corrected chi connectivity index (χ0v) is 16.8. The number of aryl methyl sites for hydroxylation is 2. The van der Waals surface area contributed by atoms with E-state index in [1.165, 1.54) is 5.56 Å². The molecular formula is C23H27N5O. The second kappa shape index (κ2) is 8.57. The number of benzene rings is 2. The van der Waals surface area contributed by atoms with Gasteiger partial charge in [-0.05, 0) is 49.6 Å². The second-order valence-electron chi connectivity index (χ2n) is 7.66. The fraction of sp³-hybridized carbons (Fsp3) is 0.348. The van der Waals surface area contributed by atoms with Crippen molar-refractivity contribution < 1.29 is 4.79 Å². The molecule has 1 aliphatic heterocycles. The van der Waals surface area contributed by atoms with Crippen molar-refractivity contribution in [1.29, 1.82) is 0 Å². The number of nitrogens with zero attached hydrogens (tertiary/aromatic N) is 4. The maximum Gasteiger partial charge on any atom is 0.254 e. The average Bonchev–Trinajstić information content (AvgIpc) is 3.17. The maximum atomic E-state index is 13.0. The van der Waals surface area contributed by atoms with Gasteiger partial charge in [-0.3, -0.25) is 4.79 Å². The third kappa shape index (κ3) is 4.22. The highest BCUT2D eigenvalue weighted by atomic mass is 16.2. The van der Waals surface area contributed by atoms with Crippen LogP contribution >= 0.6 is 0 Å². The average molecular weight is 390 g/mol. The van der Waals surface area contributed by atoms with Crippen molar-refractivity contribution in [3.63, 3.8) is 0 Å². The van der Waals surface area contributed by atoms with Gasteiger partial charge in [0.1, 0.15) is 5.82 Å². The predicted octanol–water partition coefficient (Wildman–Crippen LogP) is 2.78. The normalized spacial score (nSPS) is 15.9. The molecule has 0 fully saturated rings. The number of carbonyl (C=O) groups is 1. The summed E-state index contributed by atoms with van der Waals surface area (Å²) >= 11 is 0. The standard InChI is InChI=1S/C23H27N5O/c1-17-15-27(23(29)20-10-7-19(8-11-20)13-14-24)16-22-26-25-21(28(17)22)12-9-18-5-3-2-4-6-18/h2-8,10-11,17H,9,12-16,24H2,1H3/t17-/m0/s1. The van der Waals surface area contributed by atoms with Crippen LogP contribution in [0.15, 0.2) is 54.6 Å². The lowest BCUT2D eigenvalue weighted by atomic mass is 10.1. The minimum Gasteiger partial charge on any atom is -0.330 e. The van der Waals surface area contributed by atoms with Crippen molar-refractivity contribution in [3.05, 3.63) is 82.9 Å². The molecule has 6 heteroatoms. The zero-order chi connectivity index (χ0) is 20.2. The van der Waals surface area contributed by atoms with Crippen LogP contribution in [-0.4, -0.2) is 38.7 Å². The third-order valence-corrected chi connectivity index (χ3v) is 5.50. The Morgan fingerprint density at radius 1 is 1.00 bits per heavy atom. The molecule has 0 spiro atoms. The number of amides is 1. The van der Waals surface area contributed by atoms with Crippen LogP contribution in [0.2, 0.25) is 0 Å². The van der Waals surface area contributed by atoms with E-state index in [-0.39, 0.29) is 11.9 Å². The summed E-state index contributed by atoms with van der Waals surface area (Å²) in [5.41, 5.74) is 8.75. The molecule has 3 aromatic rings. The molecule has 2 N–H and O–H groups in total. The number of nitrogens with two attached hydrogens (primary N) is 1. The van der Waals surface area contributed by atoms with Crippen LogP contribution < -0.4 is 5.73 Å². The first-order valence-corrected chi connectivity index (χ1v) is 10.2. The Labute approximate surface area is 171 Å². The van der Waals surface area contributed by atoms with Crippen LogP contribution in [0.5, 0.6) is 0 Å². The Bertz CT molecular complexity index is 965. The van der Waals surface area contributed by atoms with Gasteiger partial charge in [0.05, 0.1) is 12.6 Å². The van der Waals surface area contributed by atoms with Gasteiger partial charge >= 0.3 is 0 Å². The van der Waals surface area contributed by atoms with Crippen molar-refractivity contribution in [1.82, 2.24) is 19.7 Å². The predicted molar refractivity (Wildman–Crippen MR) is 113 cm³/mol. The Kier molecular flexibility index (Phi) is 5.71. The number of carbonyl (C=O) groups excluding carboxylic acids is 1. The smallest absolute Gasteiger partial charge is 0.254 e. The molecule has 29 heavy (non-hydrogen) atoms. The number of fused-ring (bicyclic) bond motifs is 1. The van der Waals surface area contributed by atoms with Gasteiger partial charge in [0.15, 0.2) is 5.82 Å². The molecule has 0 aliphatic carbocycles. The lowest BCUT2D eigenvalue weighted by molar-refractivity contribution is 0.0679. The fourth-order valence-electron chi connectivity index (χ4n) is 4.00. The number of hydrogen-bond donors (Lipinski definition) is 1. The first-order chi connectivity index (χ1) is 14.2. The van der Waals surface area contributed by atoms with E-state index in [1.54, 1.807) is 0 Å². The summed E-state index contributed by atoms with van der Waals surface area (Å²) in [5.74, 6) is 1.89. The highest BCUT2D eigenvalue weighted by molar-refractivity contribution is 5.94.